The van der Waals surface area contributed by atoms with E-state index in [1.807, 2.05) is 42.5 Å². The van der Waals surface area contributed by atoms with Gasteiger partial charge < -0.3 is 62.9 Å². The van der Waals surface area contributed by atoms with Crippen molar-refractivity contribution in [2.75, 3.05) is 6.61 Å². The van der Waals surface area contributed by atoms with Crippen LogP contribution in [0.5, 0.6) is 0 Å². The number of hydrogen-bond donors (Lipinski definition) is 12. The van der Waals surface area contributed by atoms with Crippen LogP contribution in [0, 0.1) is 5.92 Å². The summed E-state index contributed by atoms with van der Waals surface area (Å²) in [6.07, 6.45) is 1.68. The second-order valence-electron chi connectivity index (χ2n) is 16.3. The fourth-order valence-corrected chi connectivity index (χ4v) is 7.24. The number of carboxylic acid groups (broad SMARTS) is 1. The van der Waals surface area contributed by atoms with Gasteiger partial charge in [-0.15, -0.1) is 0 Å². The van der Waals surface area contributed by atoms with Crippen LogP contribution in [-0.2, 0) is 52.8 Å². The lowest BCUT2D eigenvalue weighted by Gasteiger charge is -2.27. The number of benzene rings is 3. The second-order valence-corrected chi connectivity index (χ2v) is 16.3. The summed E-state index contributed by atoms with van der Waals surface area (Å²) < 4.78 is 0. The number of hydrogen-bond acceptors (Lipinski definition) is 10. The molecular weight excluding hydrogens is 839 g/mol. The SMILES string of the molecule is CC(C)[C@H](NC(=O)[C@H](Cc1c[nH]c2ccccc12)NC(=O)[C@H](Cc1ccccc1)NC(=O)[C@H](C)NC(=O)[C@@H](NC(=O)[C@H](Cc1c[nH]c2ccccc12)NC(=O)[C@@H](N)CO)[C@@H](C)O)C(=O)O. The summed E-state index contributed by atoms with van der Waals surface area (Å²) in [4.78, 5) is 100. The molecular formula is C46H57N9O10. The second kappa shape index (κ2) is 22.5. The Kier molecular flexibility index (Phi) is 16.9. The van der Waals surface area contributed by atoms with E-state index in [1.165, 1.54) is 13.8 Å². The monoisotopic (exact) mass is 895 g/mol. The van der Waals surface area contributed by atoms with Crippen LogP contribution < -0.4 is 37.6 Å². The zero-order chi connectivity index (χ0) is 47.4. The molecule has 8 atom stereocenters. The molecule has 0 saturated heterocycles. The van der Waals surface area contributed by atoms with Crippen LogP contribution >= 0.6 is 0 Å². The number of amides is 6. The Morgan fingerprint density at radius 3 is 1.49 bits per heavy atom. The number of fused-ring (bicyclic) bond motifs is 2. The van der Waals surface area contributed by atoms with Gasteiger partial charge in [0.2, 0.25) is 35.4 Å². The van der Waals surface area contributed by atoms with Crippen molar-refractivity contribution < 1.29 is 48.9 Å². The third-order valence-electron chi connectivity index (χ3n) is 11.0. The van der Waals surface area contributed by atoms with E-state index in [0.29, 0.717) is 16.7 Å². The number of para-hydroxylation sites is 2. The number of aromatic amines is 2. The Balaban J connectivity index is 1.33. The summed E-state index contributed by atoms with van der Waals surface area (Å²) in [7, 11) is 0. The number of H-pyrrole nitrogens is 2. The average Bonchev–Trinajstić information content (AvgIpc) is 3.89. The van der Waals surface area contributed by atoms with E-state index in [9.17, 15) is 48.9 Å². The minimum atomic E-state index is -1.64. The molecule has 0 bridgehead atoms. The van der Waals surface area contributed by atoms with Gasteiger partial charge in [0.1, 0.15) is 42.3 Å². The number of nitrogens with two attached hydrogens (primary N) is 1. The summed E-state index contributed by atoms with van der Waals surface area (Å²) in [6, 6.07) is 13.7. The first kappa shape index (κ1) is 48.9. The molecule has 0 spiro atoms. The van der Waals surface area contributed by atoms with Crippen LogP contribution in [0.2, 0.25) is 0 Å². The average molecular weight is 896 g/mol. The van der Waals surface area contributed by atoms with E-state index < -0.39 is 102 Å². The van der Waals surface area contributed by atoms with Crippen LogP contribution in [-0.4, -0.2) is 122 Å². The summed E-state index contributed by atoms with van der Waals surface area (Å²) in [5.41, 5.74) is 9.21. The van der Waals surface area contributed by atoms with Crippen molar-refractivity contribution in [1.29, 1.82) is 0 Å². The number of aliphatic hydroxyl groups excluding tert-OH is 2. The Bertz CT molecular complexity index is 2470. The number of carboxylic acids is 1. The number of carbonyl (C=O) groups excluding carboxylic acids is 6. The van der Waals surface area contributed by atoms with Crippen LogP contribution in [0.25, 0.3) is 21.8 Å². The highest BCUT2D eigenvalue weighted by Gasteiger charge is 2.35. The fraction of sp³-hybridized carbons (Fsp3) is 0.370. The topological polar surface area (TPSA) is 310 Å². The van der Waals surface area contributed by atoms with E-state index in [1.54, 1.807) is 62.6 Å². The fourth-order valence-electron chi connectivity index (χ4n) is 7.24. The van der Waals surface area contributed by atoms with E-state index in [4.69, 9.17) is 5.73 Å². The molecule has 0 radical (unpaired) electrons. The van der Waals surface area contributed by atoms with Gasteiger partial charge in [-0.05, 0) is 48.6 Å². The smallest absolute Gasteiger partial charge is 0.326 e. The molecule has 0 fully saturated rings. The maximum absolute atomic E-state index is 14.2. The van der Waals surface area contributed by atoms with Crippen LogP contribution in [0.15, 0.2) is 91.3 Å². The predicted octanol–water partition coefficient (Wildman–Crippen LogP) is 0.0468. The summed E-state index contributed by atoms with van der Waals surface area (Å²) in [5, 5.41) is 46.9. The highest BCUT2D eigenvalue weighted by Crippen LogP contribution is 2.21. The van der Waals surface area contributed by atoms with Gasteiger partial charge >= 0.3 is 5.97 Å². The minimum Gasteiger partial charge on any atom is -0.480 e. The third-order valence-corrected chi connectivity index (χ3v) is 11.0. The molecule has 19 nitrogen and oxygen atoms in total. The summed E-state index contributed by atoms with van der Waals surface area (Å²) in [5.74, 6) is -6.82. The zero-order valence-corrected chi connectivity index (χ0v) is 36.5. The van der Waals surface area contributed by atoms with E-state index in [0.717, 1.165) is 21.8 Å². The van der Waals surface area contributed by atoms with Gasteiger partial charge in [-0.3, -0.25) is 28.8 Å². The molecule has 0 aliphatic rings. The maximum Gasteiger partial charge on any atom is 0.326 e. The highest BCUT2D eigenvalue weighted by atomic mass is 16.4. The Morgan fingerprint density at radius 1 is 0.554 bits per heavy atom. The van der Waals surface area contributed by atoms with Crippen molar-refractivity contribution in [3.63, 3.8) is 0 Å². The van der Waals surface area contributed by atoms with Crippen molar-refractivity contribution in [3.8, 4) is 0 Å². The summed E-state index contributed by atoms with van der Waals surface area (Å²) in [6.45, 7) is 5.14. The largest absolute Gasteiger partial charge is 0.480 e. The normalized spacial score (nSPS) is 15.1. The van der Waals surface area contributed by atoms with Crippen molar-refractivity contribution in [2.24, 2.45) is 11.7 Å². The third kappa shape index (κ3) is 13.0. The number of carbonyl (C=O) groups is 7. The van der Waals surface area contributed by atoms with Gasteiger partial charge in [0, 0.05) is 53.5 Å². The Hall–Kier alpha value is -7.09. The lowest BCUT2D eigenvalue weighted by Crippen LogP contribution is -2.61. The van der Waals surface area contributed by atoms with Gasteiger partial charge in [-0.1, -0.05) is 80.6 Å². The van der Waals surface area contributed by atoms with Crippen LogP contribution in [0.4, 0.5) is 0 Å². The standard InChI is InChI=1S/C46H57N9O10/c1-24(2)38(46(64)65)54-43(61)37(20-29-22-49-34-17-11-9-15-31(29)34)53-42(60)35(18-27-12-6-5-7-13-27)51-40(58)25(3)50-45(63)39(26(4)57)55-44(62)36(52-41(59)32(47)23-56)19-28-21-48-33-16-10-8-14-30(28)33/h5-17,21-22,24-26,32,35-39,48-49,56-57H,18-20,23,47H2,1-4H3,(H,50,63)(H,51,58)(H,52,59)(H,53,60)(H,54,61)(H,55,62)(H,64,65)/t25-,26+,32-,35-,36-,37-,38-,39-/m0/s1. The zero-order valence-electron chi connectivity index (χ0n) is 36.5. The molecule has 5 aromatic rings. The first-order valence-corrected chi connectivity index (χ1v) is 21.2. The number of aliphatic hydroxyl groups is 2. The highest BCUT2D eigenvalue weighted by molar-refractivity contribution is 5.98. The minimum absolute atomic E-state index is 0.0442. The molecule has 2 aromatic heterocycles. The van der Waals surface area contributed by atoms with Gasteiger partial charge in [-0.2, -0.15) is 0 Å². The van der Waals surface area contributed by atoms with E-state index in [-0.39, 0.29) is 19.3 Å². The van der Waals surface area contributed by atoms with Crippen LogP contribution in [0.1, 0.15) is 44.4 Å². The molecule has 346 valence electrons. The van der Waals surface area contributed by atoms with Crippen molar-refractivity contribution in [3.05, 3.63) is 108 Å². The summed E-state index contributed by atoms with van der Waals surface area (Å²) >= 11 is 0. The first-order valence-electron chi connectivity index (χ1n) is 21.2. The molecule has 19 heteroatoms. The molecule has 3 aromatic carbocycles. The maximum atomic E-state index is 14.2. The van der Waals surface area contributed by atoms with Crippen LogP contribution in [0.3, 0.4) is 0 Å². The molecule has 0 aliphatic carbocycles. The molecule has 65 heavy (non-hydrogen) atoms. The lowest BCUT2D eigenvalue weighted by atomic mass is 10.00. The molecule has 13 N–H and O–H groups in total. The molecule has 2 heterocycles. The number of rotatable bonds is 22. The Labute approximate surface area is 374 Å². The molecule has 0 aliphatic heterocycles. The van der Waals surface area contributed by atoms with Crippen molar-refractivity contribution in [2.45, 2.75) is 95.4 Å². The molecule has 0 unspecified atom stereocenters. The molecule has 6 amide bonds. The molecule has 0 saturated carbocycles. The van der Waals surface area contributed by atoms with Gasteiger partial charge in [0.25, 0.3) is 0 Å². The number of aliphatic carboxylic acids is 1. The number of nitrogens with one attached hydrogen (secondary N) is 8. The van der Waals surface area contributed by atoms with Crippen molar-refractivity contribution in [1.82, 2.24) is 41.9 Å². The predicted molar refractivity (Wildman–Crippen MR) is 241 cm³/mol. The van der Waals surface area contributed by atoms with Gasteiger partial charge in [0.15, 0.2) is 0 Å². The van der Waals surface area contributed by atoms with Gasteiger partial charge in [0.05, 0.1) is 12.7 Å². The van der Waals surface area contributed by atoms with E-state index in [2.05, 4.69) is 41.9 Å². The number of aromatic nitrogens is 2. The molecule has 5 rings (SSSR count). The first-order chi connectivity index (χ1) is 31.0. The van der Waals surface area contributed by atoms with Crippen molar-refractivity contribution >= 4 is 63.2 Å². The quantitative estimate of drug-likeness (QED) is 0.0441. The lowest BCUT2D eigenvalue weighted by molar-refractivity contribution is -0.143. The van der Waals surface area contributed by atoms with Gasteiger partial charge in [-0.25, -0.2) is 4.79 Å². The van der Waals surface area contributed by atoms with E-state index >= 15 is 0 Å². The Morgan fingerprint density at radius 2 is 1.00 bits per heavy atom.